The summed E-state index contributed by atoms with van der Waals surface area (Å²) in [5.41, 5.74) is 5.82. The van der Waals surface area contributed by atoms with Crippen LogP contribution >= 0.6 is 0 Å². The summed E-state index contributed by atoms with van der Waals surface area (Å²) in [6.07, 6.45) is 2.06. The van der Waals surface area contributed by atoms with Gasteiger partial charge in [0.25, 0.3) is 0 Å². The third-order valence-electron chi connectivity index (χ3n) is 2.65. The molecule has 0 radical (unpaired) electrons. The summed E-state index contributed by atoms with van der Waals surface area (Å²) in [6, 6.07) is 3.30. The fourth-order valence-corrected chi connectivity index (χ4v) is 1.83. The quantitative estimate of drug-likeness (QED) is 0.737. The minimum absolute atomic E-state index is 0.0370. The van der Waals surface area contributed by atoms with Crippen molar-refractivity contribution in [2.24, 2.45) is 5.73 Å². The number of rotatable bonds is 2. The van der Waals surface area contributed by atoms with E-state index < -0.39 is 5.97 Å². The molecule has 16 heavy (non-hydrogen) atoms. The van der Waals surface area contributed by atoms with Crippen molar-refractivity contribution in [1.82, 2.24) is 10.2 Å². The molecule has 1 unspecified atom stereocenters. The minimum atomic E-state index is -1.06. The molecule has 86 valence electrons. The molecule has 1 aromatic heterocycles. The first-order chi connectivity index (χ1) is 7.66. The molecule has 0 bridgehead atoms. The molecule has 2 rings (SSSR count). The van der Waals surface area contributed by atoms with Crippen molar-refractivity contribution in [2.45, 2.75) is 18.9 Å². The van der Waals surface area contributed by atoms with Gasteiger partial charge in [0.15, 0.2) is 11.5 Å². The summed E-state index contributed by atoms with van der Waals surface area (Å²) in [7, 11) is 0. The van der Waals surface area contributed by atoms with E-state index in [9.17, 15) is 4.79 Å². The molecule has 2 heterocycles. The number of nitrogens with two attached hydrogens (primary N) is 1. The van der Waals surface area contributed by atoms with Crippen molar-refractivity contribution in [3.8, 4) is 0 Å². The van der Waals surface area contributed by atoms with Gasteiger partial charge in [0.2, 0.25) is 0 Å². The Kier molecular flexibility index (Phi) is 3.00. The summed E-state index contributed by atoms with van der Waals surface area (Å²) in [6.45, 7) is 1.65. The number of piperidine rings is 1. The maximum atomic E-state index is 10.6. The zero-order valence-electron chi connectivity index (χ0n) is 8.83. The van der Waals surface area contributed by atoms with E-state index in [0.717, 1.165) is 25.9 Å². The van der Waals surface area contributed by atoms with Gasteiger partial charge < -0.3 is 15.7 Å². The van der Waals surface area contributed by atoms with E-state index in [1.165, 1.54) is 6.07 Å². The average Bonchev–Trinajstić information content (AvgIpc) is 2.29. The fraction of sp³-hybridized carbons (Fsp3) is 0.500. The third kappa shape index (κ3) is 2.27. The predicted octanol–water partition coefficient (Wildman–Crippen LogP) is 0.102. The van der Waals surface area contributed by atoms with E-state index in [2.05, 4.69) is 10.2 Å². The molecule has 1 saturated heterocycles. The minimum Gasteiger partial charge on any atom is -0.476 e. The lowest BCUT2D eigenvalue weighted by atomic mass is 10.1. The van der Waals surface area contributed by atoms with E-state index in [4.69, 9.17) is 10.8 Å². The Morgan fingerprint density at radius 3 is 2.88 bits per heavy atom. The van der Waals surface area contributed by atoms with Crippen LogP contribution in [0.15, 0.2) is 12.1 Å². The van der Waals surface area contributed by atoms with Gasteiger partial charge in [0.05, 0.1) is 0 Å². The Morgan fingerprint density at radius 2 is 2.31 bits per heavy atom. The molecule has 3 N–H and O–H groups in total. The molecular weight excluding hydrogens is 208 g/mol. The molecule has 0 amide bonds. The Balaban J connectivity index is 2.11. The predicted molar refractivity (Wildman–Crippen MR) is 58.4 cm³/mol. The standard InChI is InChI=1S/C10H14N4O2/c11-7-2-1-5-14(6-7)9-4-3-8(10(15)16)12-13-9/h3-4,7H,1-2,5-6,11H2,(H,15,16). The van der Waals surface area contributed by atoms with Gasteiger partial charge in [0.1, 0.15) is 0 Å². The second-order valence-corrected chi connectivity index (χ2v) is 3.93. The SMILES string of the molecule is NC1CCCN(c2ccc(C(=O)O)nn2)C1. The highest BCUT2D eigenvalue weighted by molar-refractivity contribution is 5.85. The highest BCUT2D eigenvalue weighted by Crippen LogP contribution is 2.16. The number of anilines is 1. The third-order valence-corrected chi connectivity index (χ3v) is 2.65. The monoisotopic (exact) mass is 222 g/mol. The first kappa shape index (κ1) is 10.8. The van der Waals surface area contributed by atoms with Crippen LogP contribution < -0.4 is 10.6 Å². The Bertz CT molecular complexity index is 379. The van der Waals surface area contributed by atoms with Crippen molar-refractivity contribution < 1.29 is 9.90 Å². The van der Waals surface area contributed by atoms with E-state index in [1.807, 2.05) is 4.90 Å². The van der Waals surface area contributed by atoms with Crippen LogP contribution in [-0.4, -0.2) is 40.4 Å². The number of aromatic nitrogens is 2. The molecule has 1 aliphatic rings. The lowest BCUT2D eigenvalue weighted by molar-refractivity contribution is 0.0689. The fourth-order valence-electron chi connectivity index (χ4n) is 1.83. The normalized spacial score (nSPS) is 20.8. The van der Waals surface area contributed by atoms with Crippen LogP contribution in [0.3, 0.4) is 0 Å². The van der Waals surface area contributed by atoms with Crippen molar-refractivity contribution in [1.29, 1.82) is 0 Å². The summed E-state index contributed by atoms with van der Waals surface area (Å²) in [5.74, 6) is -0.366. The van der Waals surface area contributed by atoms with E-state index in [0.29, 0.717) is 5.82 Å². The second kappa shape index (κ2) is 4.44. The Hall–Kier alpha value is -1.69. The Morgan fingerprint density at radius 1 is 1.50 bits per heavy atom. The number of carboxylic acid groups (broad SMARTS) is 1. The number of hydrogen-bond acceptors (Lipinski definition) is 5. The second-order valence-electron chi connectivity index (χ2n) is 3.93. The van der Waals surface area contributed by atoms with Gasteiger partial charge >= 0.3 is 5.97 Å². The van der Waals surface area contributed by atoms with Crippen LogP contribution in [0.5, 0.6) is 0 Å². The van der Waals surface area contributed by atoms with Gasteiger partial charge in [-0.25, -0.2) is 4.79 Å². The molecule has 0 spiro atoms. The molecule has 0 aromatic carbocycles. The maximum absolute atomic E-state index is 10.6. The van der Waals surface area contributed by atoms with Crippen molar-refractivity contribution in [3.05, 3.63) is 17.8 Å². The largest absolute Gasteiger partial charge is 0.476 e. The average molecular weight is 222 g/mol. The summed E-state index contributed by atoms with van der Waals surface area (Å²) < 4.78 is 0. The molecule has 0 aliphatic carbocycles. The number of aromatic carboxylic acids is 1. The maximum Gasteiger partial charge on any atom is 0.356 e. The Labute approximate surface area is 93.1 Å². The topological polar surface area (TPSA) is 92.3 Å². The van der Waals surface area contributed by atoms with Crippen molar-refractivity contribution in [2.75, 3.05) is 18.0 Å². The highest BCUT2D eigenvalue weighted by Gasteiger charge is 2.18. The van der Waals surface area contributed by atoms with Crippen LogP contribution in [0.25, 0.3) is 0 Å². The molecule has 6 nitrogen and oxygen atoms in total. The zero-order valence-corrected chi connectivity index (χ0v) is 8.83. The molecule has 6 heteroatoms. The van der Waals surface area contributed by atoms with Gasteiger partial charge in [0, 0.05) is 19.1 Å². The van der Waals surface area contributed by atoms with Gasteiger partial charge in [-0.05, 0) is 25.0 Å². The molecule has 0 saturated carbocycles. The smallest absolute Gasteiger partial charge is 0.356 e. The van der Waals surface area contributed by atoms with Gasteiger partial charge in [-0.2, -0.15) is 0 Å². The molecule has 1 atom stereocenters. The summed E-state index contributed by atoms with van der Waals surface area (Å²) in [4.78, 5) is 12.6. The number of hydrogen-bond donors (Lipinski definition) is 2. The molecular formula is C10H14N4O2. The lowest BCUT2D eigenvalue weighted by Gasteiger charge is -2.31. The van der Waals surface area contributed by atoms with Gasteiger partial charge in [-0.1, -0.05) is 0 Å². The number of carboxylic acids is 1. The van der Waals surface area contributed by atoms with E-state index in [-0.39, 0.29) is 11.7 Å². The van der Waals surface area contributed by atoms with Gasteiger partial charge in [-0.15, -0.1) is 10.2 Å². The van der Waals surface area contributed by atoms with Crippen molar-refractivity contribution >= 4 is 11.8 Å². The van der Waals surface area contributed by atoms with Crippen molar-refractivity contribution in [3.63, 3.8) is 0 Å². The number of nitrogens with zero attached hydrogens (tertiary/aromatic N) is 3. The molecule has 1 aliphatic heterocycles. The summed E-state index contributed by atoms with van der Waals surface area (Å²) >= 11 is 0. The highest BCUT2D eigenvalue weighted by atomic mass is 16.4. The number of carbonyl (C=O) groups is 1. The van der Waals surface area contributed by atoms with E-state index in [1.54, 1.807) is 6.07 Å². The van der Waals surface area contributed by atoms with Crippen LogP contribution in [0, 0.1) is 0 Å². The summed E-state index contributed by atoms with van der Waals surface area (Å²) in [5, 5.41) is 16.2. The first-order valence-electron chi connectivity index (χ1n) is 5.24. The van der Waals surface area contributed by atoms with Crippen LogP contribution in [0.4, 0.5) is 5.82 Å². The van der Waals surface area contributed by atoms with Crippen LogP contribution in [0.1, 0.15) is 23.3 Å². The molecule has 1 fully saturated rings. The molecule has 1 aromatic rings. The zero-order chi connectivity index (χ0) is 11.5. The van der Waals surface area contributed by atoms with E-state index >= 15 is 0 Å². The lowest BCUT2D eigenvalue weighted by Crippen LogP contribution is -2.43. The van der Waals surface area contributed by atoms with Crippen LogP contribution in [-0.2, 0) is 0 Å². The van der Waals surface area contributed by atoms with Crippen LogP contribution in [0.2, 0.25) is 0 Å². The van der Waals surface area contributed by atoms with Gasteiger partial charge in [-0.3, -0.25) is 0 Å². The first-order valence-corrected chi connectivity index (χ1v) is 5.24.